The molecule has 9 rings (SSSR count). The van der Waals surface area contributed by atoms with Crippen LogP contribution in [0.15, 0.2) is 146 Å². The predicted molar refractivity (Wildman–Crippen MR) is 287 cm³/mol. The van der Waals surface area contributed by atoms with Crippen molar-refractivity contribution in [3.63, 3.8) is 0 Å². The van der Waals surface area contributed by atoms with Gasteiger partial charge in [-0.25, -0.2) is 15.0 Å². The molecule has 73 heavy (non-hydrogen) atoms. The van der Waals surface area contributed by atoms with E-state index in [-0.39, 0.29) is 35.2 Å². The summed E-state index contributed by atoms with van der Waals surface area (Å²) in [5.74, 6) is 0.832. The molecule has 20 heteroatoms. The summed E-state index contributed by atoms with van der Waals surface area (Å²) in [7, 11) is 6.70. The van der Waals surface area contributed by atoms with Crippen molar-refractivity contribution < 1.29 is 19.3 Å². The molecule has 0 saturated carbocycles. The Balaban J connectivity index is 0.000000189. The fourth-order valence-electron chi connectivity index (χ4n) is 7.24. The standard InChI is InChI=1S/C18H14N4O3.C18H16N4O.C10H5ClN2.C7H8N2O2.ClH/c1-21(13-7-8-18(25-2)17(10-13)22(23)24)16-9-12(11-19)20-15-6-4-3-5-14(15)16;1-22(13-7-8-18(23-2)15(20)10-13)17-9-12(11-19)21-16-6-4-3-5-14(16)17;11-9-5-7(6-12)13-10-4-2-1-3-8(9)10;1-5-2-3-6(8)4-7(5)9(10)11;/h3-10H,1-2H3;3-10H,20H2,1-2H3;1-5H;2-4H,8H2,1H3;1H. The number of nitrogen functional groups attached to an aromatic ring is 2. The number of rotatable bonds is 8. The second kappa shape index (κ2) is 24.7. The van der Waals surface area contributed by atoms with Gasteiger partial charge in [-0.3, -0.25) is 20.2 Å². The van der Waals surface area contributed by atoms with Crippen LogP contribution in [0, 0.1) is 61.1 Å². The summed E-state index contributed by atoms with van der Waals surface area (Å²) in [4.78, 5) is 37.2. The van der Waals surface area contributed by atoms with Crippen molar-refractivity contribution in [2.45, 2.75) is 6.92 Å². The summed E-state index contributed by atoms with van der Waals surface area (Å²) >= 11 is 5.95. The molecule has 9 aromatic rings. The van der Waals surface area contributed by atoms with E-state index < -0.39 is 9.85 Å². The average Bonchev–Trinajstić information content (AvgIpc) is 3.40. The van der Waals surface area contributed by atoms with Gasteiger partial charge < -0.3 is 30.7 Å². The van der Waals surface area contributed by atoms with Gasteiger partial charge in [0.15, 0.2) is 5.75 Å². The van der Waals surface area contributed by atoms with Crippen LogP contribution in [0.1, 0.15) is 22.6 Å². The molecule has 0 aliphatic rings. The third-order valence-electron chi connectivity index (χ3n) is 10.9. The number of nitro benzene ring substituents is 2. The Morgan fingerprint density at radius 1 is 0.562 bits per heavy atom. The van der Waals surface area contributed by atoms with Crippen LogP contribution >= 0.6 is 24.0 Å². The number of pyridine rings is 3. The summed E-state index contributed by atoms with van der Waals surface area (Å²) < 4.78 is 10.2. The zero-order valence-corrected chi connectivity index (χ0v) is 41.3. The Morgan fingerprint density at radius 3 is 1.42 bits per heavy atom. The van der Waals surface area contributed by atoms with E-state index in [9.17, 15) is 30.8 Å². The molecule has 6 aromatic carbocycles. The topological polar surface area (TPSA) is 273 Å². The Kier molecular flexibility index (Phi) is 18.3. The molecule has 0 radical (unpaired) electrons. The number of hydrogen-bond acceptors (Lipinski definition) is 16. The van der Waals surface area contributed by atoms with Crippen LogP contribution in [0.25, 0.3) is 32.7 Å². The summed E-state index contributed by atoms with van der Waals surface area (Å²) in [6.45, 7) is 1.68. The second-order valence-corrected chi connectivity index (χ2v) is 15.8. The summed E-state index contributed by atoms with van der Waals surface area (Å²) in [6, 6.07) is 48.8. The number of halogens is 2. The molecule has 0 aliphatic heterocycles. The number of benzene rings is 6. The molecule has 0 unspecified atom stereocenters. The highest BCUT2D eigenvalue weighted by Gasteiger charge is 2.19. The van der Waals surface area contributed by atoms with Gasteiger partial charge in [0.1, 0.15) is 41.0 Å². The minimum Gasteiger partial charge on any atom is -0.495 e. The summed E-state index contributed by atoms with van der Waals surface area (Å²) in [5, 5.41) is 51.9. The van der Waals surface area contributed by atoms with E-state index in [0.29, 0.717) is 50.3 Å². The fraction of sp³-hybridized carbons (Fsp3) is 0.0943. The van der Waals surface area contributed by atoms with E-state index in [1.54, 1.807) is 68.4 Å². The Morgan fingerprint density at radius 2 is 0.986 bits per heavy atom. The maximum Gasteiger partial charge on any atom is 0.312 e. The molecule has 0 atom stereocenters. The number of nitrogens with two attached hydrogens (primary N) is 2. The number of aromatic nitrogens is 3. The molecule has 4 N–H and O–H groups in total. The van der Waals surface area contributed by atoms with E-state index in [1.807, 2.05) is 115 Å². The first kappa shape index (κ1) is 54.1. The highest BCUT2D eigenvalue weighted by atomic mass is 35.5. The molecule has 0 saturated heterocycles. The Labute approximate surface area is 430 Å². The number of nitro groups is 2. The number of anilines is 6. The van der Waals surface area contributed by atoms with E-state index in [0.717, 1.165) is 44.3 Å². The van der Waals surface area contributed by atoms with Gasteiger partial charge in [-0.05, 0) is 79.7 Å². The largest absolute Gasteiger partial charge is 0.495 e. The first-order valence-corrected chi connectivity index (χ1v) is 21.8. The monoisotopic (exact) mass is 1010 g/mol. The van der Waals surface area contributed by atoms with Crippen molar-refractivity contribution in [1.29, 1.82) is 15.8 Å². The number of nitrogens with zero attached hydrogens (tertiary/aromatic N) is 10. The molecule has 0 spiro atoms. The molecule has 3 aromatic heterocycles. The van der Waals surface area contributed by atoms with Crippen molar-refractivity contribution in [3.05, 3.63) is 193 Å². The lowest BCUT2D eigenvalue weighted by Gasteiger charge is -2.22. The smallest absolute Gasteiger partial charge is 0.312 e. The molecule has 3 heterocycles. The highest BCUT2D eigenvalue weighted by molar-refractivity contribution is 6.35. The van der Waals surface area contributed by atoms with Crippen molar-refractivity contribution >= 4 is 102 Å². The van der Waals surface area contributed by atoms with Crippen molar-refractivity contribution in [2.24, 2.45) is 0 Å². The fourth-order valence-corrected chi connectivity index (χ4v) is 7.50. The first-order chi connectivity index (χ1) is 34.6. The molecule has 366 valence electrons. The summed E-state index contributed by atoms with van der Waals surface area (Å²) in [6.07, 6.45) is 0. The molecule has 0 aliphatic carbocycles. The van der Waals surface area contributed by atoms with Gasteiger partial charge in [0.05, 0.1) is 62.7 Å². The van der Waals surface area contributed by atoms with Crippen LogP contribution < -0.4 is 30.7 Å². The Bertz CT molecular complexity index is 3640. The van der Waals surface area contributed by atoms with Crippen molar-refractivity contribution in [2.75, 3.05) is 49.6 Å². The van der Waals surface area contributed by atoms with Gasteiger partial charge in [0.25, 0.3) is 5.69 Å². The second-order valence-electron chi connectivity index (χ2n) is 15.4. The van der Waals surface area contributed by atoms with E-state index in [4.69, 9.17) is 37.8 Å². The molecule has 18 nitrogen and oxygen atoms in total. The zero-order chi connectivity index (χ0) is 52.1. The van der Waals surface area contributed by atoms with Crippen LogP contribution in [0.3, 0.4) is 0 Å². The third kappa shape index (κ3) is 12.9. The number of nitriles is 3. The van der Waals surface area contributed by atoms with Crippen LogP contribution in [0.4, 0.5) is 45.5 Å². The lowest BCUT2D eigenvalue weighted by Crippen LogP contribution is -2.11. The van der Waals surface area contributed by atoms with E-state index >= 15 is 0 Å². The first-order valence-electron chi connectivity index (χ1n) is 21.4. The predicted octanol–water partition coefficient (Wildman–Crippen LogP) is 11.9. The number of ether oxygens (including phenoxy) is 2. The molecular formula is C53H44Cl2N12O6. The summed E-state index contributed by atoms with van der Waals surface area (Å²) in [5.41, 5.74) is 19.3. The highest BCUT2D eigenvalue weighted by Crippen LogP contribution is 2.37. The zero-order valence-electron chi connectivity index (χ0n) is 39.7. The van der Waals surface area contributed by atoms with Gasteiger partial charge in [-0.15, -0.1) is 12.4 Å². The SMILES string of the molecule is COc1ccc(N(C)c2cc(C#N)nc3ccccc23)cc1N.COc1ccc(N(C)c2cc(C#N)nc3ccccc23)cc1[N+](=O)[O-].Cc1ccc(N)cc1[N+](=O)[O-].Cl.N#Cc1cc(Cl)c2ccccc2n1. The normalized spacial score (nSPS) is 9.96. The number of para-hydroxylation sites is 3. The Hall–Kier alpha value is -9.80. The molecule has 0 fully saturated rings. The average molecular weight is 1020 g/mol. The number of hydrogen-bond donors (Lipinski definition) is 2. The number of fused-ring (bicyclic) bond motifs is 3. The lowest BCUT2D eigenvalue weighted by molar-refractivity contribution is -0.385. The number of aryl methyl sites for hydroxylation is 1. The van der Waals surface area contributed by atoms with Crippen LogP contribution in [0.2, 0.25) is 5.02 Å². The quantitative estimate of drug-likeness (QED) is 0.0813. The van der Waals surface area contributed by atoms with Crippen molar-refractivity contribution in [3.8, 4) is 29.7 Å². The van der Waals surface area contributed by atoms with Gasteiger partial charge in [0, 0.05) is 65.0 Å². The molecule has 0 amide bonds. The van der Waals surface area contributed by atoms with E-state index in [1.165, 1.54) is 19.2 Å². The van der Waals surface area contributed by atoms with Crippen LogP contribution in [-0.4, -0.2) is 53.1 Å². The van der Waals surface area contributed by atoms with Gasteiger partial charge in [-0.1, -0.05) is 72.3 Å². The van der Waals surface area contributed by atoms with Gasteiger partial charge >= 0.3 is 5.69 Å². The van der Waals surface area contributed by atoms with Gasteiger partial charge in [0.2, 0.25) is 0 Å². The van der Waals surface area contributed by atoms with Crippen LogP contribution in [0.5, 0.6) is 11.5 Å². The molecular weight excluding hydrogens is 972 g/mol. The lowest BCUT2D eigenvalue weighted by atomic mass is 10.1. The minimum atomic E-state index is -0.485. The third-order valence-corrected chi connectivity index (χ3v) is 11.2. The van der Waals surface area contributed by atoms with Crippen LogP contribution in [-0.2, 0) is 0 Å². The van der Waals surface area contributed by atoms with E-state index in [2.05, 4.69) is 21.0 Å². The maximum atomic E-state index is 11.3. The minimum absolute atomic E-state index is 0. The van der Waals surface area contributed by atoms with Crippen molar-refractivity contribution in [1.82, 2.24) is 15.0 Å². The molecule has 0 bridgehead atoms. The maximum absolute atomic E-state index is 11.3. The van der Waals surface area contributed by atoms with Gasteiger partial charge in [-0.2, -0.15) is 15.8 Å². The number of methoxy groups -OCH3 is 2.